The van der Waals surface area contributed by atoms with E-state index in [1.807, 2.05) is 43.0 Å². The second-order valence-electron chi connectivity index (χ2n) is 7.70. The predicted molar refractivity (Wildman–Crippen MR) is 110 cm³/mol. The van der Waals surface area contributed by atoms with Crippen LogP contribution in [0.25, 0.3) is 0 Å². The van der Waals surface area contributed by atoms with Crippen molar-refractivity contribution in [1.82, 2.24) is 15.5 Å². The second kappa shape index (κ2) is 9.95. The first-order valence-corrected chi connectivity index (χ1v) is 9.64. The number of aryl methyl sites for hydroxylation is 1. The summed E-state index contributed by atoms with van der Waals surface area (Å²) in [5.74, 6) is 1.16. The molecule has 3 N–H and O–H groups in total. The number of hydrogen-bond acceptors (Lipinski definition) is 3. The average Bonchev–Trinajstić information content (AvgIpc) is 2.60. The molecule has 2 atom stereocenters. The molecular weight excluding hydrogens is 364 g/mol. The maximum absolute atomic E-state index is 12.7. The highest BCUT2D eigenvalue weighted by molar-refractivity contribution is 5.89. The lowest BCUT2D eigenvalue weighted by Gasteiger charge is -2.38. The normalized spacial score (nSPS) is 20.8. The van der Waals surface area contributed by atoms with Crippen LogP contribution in [0.4, 0.5) is 10.5 Å². The van der Waals surface area contributed by atoms with Crippen LogP contribution in [0, 0.1) is 24.7 Å². The van der Waals surface area contributed by atoms with Crippen molar-refractivity contribution >= 4 is 30.0 Å². The Hall–Kier alpha value is -1.79. The summed E-state index contributed by atoms with van der Waals surface area (Å²) in [4.78, 5) is 26.8. The number of nitrogens with zero attached hydrogens (tertiary/aromatic N) is 1. The Bertz CT molecular complexity index is 633. The Morgan fingerprint density at radius 1 is 1.26 bits per heavy atom. The van der Waals surface area contributed by atoms with Gasteiger partial charge in [-0.1, -0.05) is 24.6 Å². The molecule has 150 valence electrons. The summed E-state index contributed by atoms with van der Waals surface area (Å²) in [5, 5.41) is 9.04. The van der Waals surface area contributed by atoms with Gasteiger partial charge in [-0.2, -0.15) is 0 Å². The van der Waals surface area contributed by atoms with E-state index >= 15 is 0 Å². The number of piperidine rings is 1. The van der Waals surface area contributed by atoms with E-state index in [2.05, 4.69) is 16.0 Å². The van der Waals surface area contributed by atoms with Gasteiger partial charge in [0.25, 0.3) is 0 Å². The van der Waals surface area contributed by atoms with Crippen LogP contribution < -0.4 is 16.0 Å². The van der Waals surface area contributed by atoms with Crippen molar-refractivity contribution < 1.29 is 9.59 Å². The summed E-state index contributed by atoms with van der Waals surface area (Å²) in [6, 6.07) is 7.54. The average molecular weight is 395 g/mol. The quantitative estimate of drug-likeness (QED) is 0.718. The lowest BCUT2D eigenvalue weighted by Crippen LogP contribution is -2.52. The van der Waals surface area contributed by atoms with Gasteiger partial charge >= 0.3 is 6.03 Å². The minimum atomic E-state index is -0.189. The molecule has 2 aliphatic heterocycles. The number of urea groups is 1. The summed E-state index contributed by atoms with van der Waals surface area (Å²) in [7, 11) is 0. The fraction of sp³-hybridized carbons (Fsp3) is 0.600. The van der Waals surface area contributed by atoms with Crippen molar-refractivity contribution in [2.75, 3.05) is 38.0 Å². The highest BCUT2D eigenvalue weighted by Crippen LogP contribution is 2.23. The van der Waals surface area contributed by atoms with Crippen LogP contribution in [-0.2, 0) is 4.79 Å². The number of rotatable bonds is 5. The van der Waals surface area contributed by atoms with Crippen LogP contribution in [-0.4, -0.2) is 49.6 Å². The third kappa shape index (κ3) is 5.84. The number of amides is 3. The van der Waals surface area contributed by atoms with Crippen molar-refractivity contribution in [2.45, 2.75) is 26.7 Å². The second-order valence-corrected chi connectivity index (χ2v) is 7.70. The fourth-order valence-corrected chi connectivity index (χ4v) is 3.64. The Balaban J connectivity index is 0.00000261. The summed E-state index contributed by atoms with van der Waals surface area (Å²) in [6.07, 6.45) is 2.06. The number of halogens is 1. The molecule has 7 heteroatoms. The van der Waals surface area contributed by atoms with Gasteiger partial charge in [0, 0.05) is 31.2 Å². The third-order valence-electron chi connectivity index (χ3n) is 5.60. The molecule has 6 nitrogen and oxygen atoms in total. The van der Waals surface area contributed by atoms with Gasteiger partial charge in [-0.3, -0.25) is 4.79 Å². The van der Waals surface area contributed by atoms with Crippen LogP contribution in [0.15, 0.2) is 24.3 Å². The number of hydrogen-bond donors (Lipinski definition) is 3. The molecule has 0 saturated carbocycles. The molecule has 3 amide bonds. The van der Waals surface area contributed by atoms with E-state index < -0.39 is 0 Å². The van der Waals surface area contributed by atoms with Crippen LogP contribution in [0.2, 0.25) is 0 Å². The van der Waals surface area contributed by atoms with Gasteiger partial charge in [-0.05, 0) is 56.8 Å². The molecule has 0 spiro atoms. The number of carbonyl (C=O) groups is 2. The topological polar surface area (TPSA) is 73.5 Å². The van der Waals surface area contributed by atoms with Gasteiger partial charge in [0.1, 0.15) is 0 Å². The zero-order valence-corrected chi connectivity index (χ0v) is 17.0. The summed E-state index contributed by atoms with van der Waals surface area (Å²) < 4.78 is 0. The molecule has 0 bridgehead atoms. The van der Waals surface area contributed by atoms with E-state index in [1.165, 1.54) is 0 Å². The van der Waals surface area contributed by atoms with Crippen LogP contribution in [0.3, 0.4) is 0 Å². The Kier molecular flexibility index (Phi) is 7.92. The Labute approximate surface area is 167 Å². The lowest BCUT2D eigenvalue weighted by atomic mass is 9.87. The minimum Gasteiger partial charge on any atom is -0.342 e. The van der Waals surface area contributed by atoms with Crippen molar-refractivity contribution in [2.24, 2.45) is 17.8 Å². The molecule has 3 rings (SSSR count). The Morgan fingerprint density at radius 2 is 1.96 bits per heavy atom. The fourth-order valence-electron chi connectivity index (χ4n) is 3.64. The van der Waals surface area contributed by atoms with Crippen LogP contribution in [0.1, 0.15) is 25.3 Å². The molecule has 2 saturated heterocycles. The number of benzene rings is 1. The van der Waals surface area contributed by atoms with Gasteiger partial charge in [-0.25, -0.2) is 4.79 Å². The number of carbonyl (C=O) groups excluding carboxylic acids is 2. The SMILES string of the molecule is Cc1ccc(NC(=O)NCC2CCCN(C(=O)C(C)C3CNC3)C2)cc1.Cl. The zero-order valence-electron chi connectivity index (χ0n) is 16.2. The van der Waals surface area contributed by atoms with Gasteiger partial charge < -0.3 is 20.9 Å². The Morgan fingerprint density at radius 3 is 2.59 bits per heavy atom. The molecule has 2 fully saturated rings. The number of likely N-dealkylation sites (tertiary alicyclic amines) is 1. The molecular formula is C20H31ClN4O2. The lowest BCUT2D eigenvalue weighted by molar-refractivity contribution is -0.139. The number of anilines is 1. The smallest absolute Gasteiger partial charge is 0.319 e. The molecule has 2 aliphatic rings. The maximum Gasteiger partial charge on any atom is 0.319 e. The summed E-state index contributed by atoms with van der Waals surface area (Å²) in [6.45, 7) is 8.15. The van der Waals surface area contributed by atoms with E-state index in [0.717, 1.165) is 50.3 Å². The first-order chi connectivity index (χ1) is 12.5. The molecule has 0 aliphatic carbocycles. The van der Waals surface area contributed by atoms with Gasteiger partial charge in [0.05, 0.1) is 0 Å². The van der Waals surface area contributed by atoms with Crippen molar-refractivity contribution in [3.63, 3.8) is 0 Å². The van der Waals surface area contributed by atoms with Gasteiger partial charge in [0.2, 0.25) is 5.91 Å². The standard InChI is InChI=1S/C20H30N4O2.ClH/c1-14-5-7-18(8-6-14)23-20(26)22-10-16-4-3-9-24(13-16)19(25)15(2)17-11-21-12-17;/h5-8,15-17,21H,3-4,9-13H2,1-2H3,(H2,22,23,26);1H. The van der Waals surface area contributed by atoms with E-state index in [4.69, 9.17) is 0 Å². The molecule has 0 aromatic heterocycles. The highest BCUT2D eigenvalue weighted by atomic mass is 35.5. The molecule has 27 heavy (non-hydrogen) atoms. The van der Waals surface area contributed by atoms with Gasteiger partial charge in [0.15, 0.2) is 0 Å². The third-order valence-corrected chi connectivity index (χ3v) is 5.60. The molecule has 2 heterocycles. The number of nitrogens with one attached hydrogen (secondary N) is 3. The summed E-state index contributed by atoms with van der Waals surface area (Å²) >= 11 is 0. The largest absolute Gasteiger partial charge is 0.342 e. The molecule has 1 aromatic carbocycles. The first kappa shape index (κ1) is 21.5. The molecule has 0 radical (unpaired) electrons. The van der Waals surface area contributed by atoms with Crippen molar-refractivity contribution in [1.29, 1.82) is 0 Å². The monoisotopic (exact) mass is 394 g/mol. The van der Waals surface area contributed by atoms with E-state index in [-0.39, 0.29) is 30.3 Å². The predicted octanol–water partition coefficient (Wildman–Crippen LogP) is 2.63. The molecule has 2 unspecified atom stereocenters. The van der Waals surface area contributed by atoms with Gasteiger partial charge in [-0.15, -0.1) is 12.4 Å². The highest BCUT2D eigenvalue weighted by Gasteiger charge is 2.33. The van der Waals surface area contributed by atoms with E-state index in [1.54, 1.807) is 0 Å². The van der Waals surface area contributed by atoms with Crippen molar-refractivity contribution in [3.8, 4) is 0 Å². The first-order valence-electron chi connectivity index (χ1n) is 9.64. The minimum absolute atomic E-state index is 0. The van der Waals surface area contributed by atoms with E-state index in [0.29, 0.717) is 18.4 Å². The zero-order chi connectivity index (χ0) is 18.5. The summed E-state index contributed by atoms with van der Waals surface area (Å²) in [5.41, 5.74) is 1.95. The van der Waals surface area contributed by atoms with Crippen LogP contribution in [0.5, 0.6) is 0 Å². The van der Waals surface area contributed by atoms with Crippen molar-refractivity contribution in [3.05, 3.63) is 29.8 Å². The van der Waals surface area contributed by atoms with Crippen LogP contribution >= 0.6 is 12.4 Å². The maximum atomic E-state index is 12.7. The van der Waals surface area contributed by atoms with E-state index in [9.17, 15) is 9.59 Å². The molecule has 1 aromatic rings.